The van der Waals surface area contributed by atoms with Crippen molar-refractivity contribution in [2.45, 2.75) is 31.7 Å². The number of aromatic nitrogens is 3. The number of benzene rings is 1. The molecule has 1 aliphatic heterocycles. The number of piperidine rings is 1. The minimum absolute atomic E-state index is 0. The summed E-state index contributed by atoms with van der Waals surface area (Å²) in [6.07, 6.45) is 8.24. The number of likely N-dealkylation sites (tertiary alicyclic amines) is 1. The van der Waals surface area contributed by atoms with Crippen molar-refractivity contribution in [2.75, 3.05) is 51.2 Å². The Bertz CT molecular complexity index is 1040. The Kier molecular flexibility index (Phi) is 9.12. The van der Waals surface area contributed by atoms with Crippen LogP contribution in [0.3, 0.4) is 0 Å². The summed E-state index contributed by atoms with van der Waals surface area (Å²) >= 11 is 0. The fourth-order valence-corrected chi connectivity index (χ4v) is 4.41. The summed E-state index contributed by atoms with van der Waals surface area (Å²) in [6, 6.07) is 15.0. The molecule has 1 atom stereocenters. The van der Waals surface area contributed by atoms with Crippen molar-refractivity contribution < 1.29 is 9.41 Å². The van der Waals surface area contributed by atoms with E-state index in [0.717, 1.165) is 42.5 Å². The molecule has 3 aromatic rings. The molecule has 0 unspecified atom stereocenters. The highest BCUT2D eigenvalue weighted by atomic mass is 32.1. The third-order valence-electron chi connectivity index (χ3n) is 6.62. The van der Waals surface area contributed by atoms with Gasteiger partial charge in [-0.15, -0.1) is 0 Å². The smallest absolute Gasteiger partial charge is 0.200 e. The summed E-state index contributed by atoms with van der Waals surface area (Å²) in [5.74, 6) is 2.02. The minimum Gasteiger partial charge on any atom is -0.496 e. The molecule has 0 bridgehead atoms. The van der Waals surface area contributed by atoms with Crippen LogP contribution in [-0.4, -0.2) is 61.7 Å². The minimum atomic E-state index is 0. The first-order chi connectivity index (χ1) is 16.0. The largest absolute Gasteiger partial charge is 0.496 e. The second-order valence-electron chi connectivity index (χ2n) is 8.89. The number of anilines is 1. The monoisotopic (exact) mass is 481 g/mol. The first kappa shape index (κ1) is 25.8. The van der Waals surface area contributed by atoms with E-state index in [2.05, 4.69) is 81.5 Å². The standard InChI is InChI=1S/C26H35N6O.H2S/c1-20(23-7-5-6-8-25(23)33-4)18-27-26-17-24(28-19-29-26)21-9-15-32(16-10-21)31(3)22-11-13-30(2)14-12-22;/h5-10,15-17,19-20,22H,11-14,18H2,1-4H3,(H,27,28,29);1H2/q+1;/t20-;/m1./s1. The molecule has 1 aromatic carbocycles. The third kappa shape index (κ3) is 6.18. The molecule has 0 saturated carbocycles. The molecule has 1 fully saturated rings. The lowest BCUT2D eigenvalue weighted by molar-refractivity contribution is -0.694. The zero-order chi connectivity index (χ0) is 23.2. The summed E-state index contributed by atoms with van der Waals surface area (Å²) < 4.78 is 7.68. The van der Waals surface area contributed by atoms with Gasteiger partial charge in [0.1, 0.15) is 17.9 Å². The van der Waals surface area contributed by atoms with Crippen LogP contribution >= 0.6 is 13.5 Å². The molecule has 0 aliphatic carbocycles. The number of hydrogen-bond acceptors (Lipinski definition) is 6. The third-order valence-corrected chi connectivity index (χ3v) is 6.62. The molecule has 1 saturated heterocycles. The van der Waals surface area contributed by atoms with Crippen LogP contribution in [0.2, 0.25) is 0 Å². The van der Waals surface area contributed by atoms with E-state index in [4.69, 9.17) is 4.74 Å². The maximum absolute atomic E-state index is 5.50. The number of hydrogen-bond donors (Lipinski definition) is 1. The SMILES string of the molecule is COc1ccccc1[C@H](C)CNc1cc(-c2cc[n+](N(C)C3CCN(C)CC3)cc2)ncn1.S. The van der Waals surface area contributed by atoms with Crippen molar-refractivity contribution in [3.8, 4) is 17.0 Å². The van der Waals surface area contributed by atoms with Crippen LogP contribution < -0.4 is 19.7 Å². The number of pyridine rings is 1. The van der Waals surface area contributed by atoms with Gasteiger partial charge in [0, 0.05) is 36.2 Å². The first-order valence-corrected chi connectivity index (χ1v) is 11.7. The fourth-order valence-electron chi connectivity index (χ4n) is 4.41. The quantitative estimate of drug-likeness (QED) is 0.498. The van der Waals surface area contributed by atoms with Gasteiger partial charge in [-0.25, -0.2) is 9.97 Å². The number of para-hydroxylation sites is 1. The van der Waals surface area contributed by atoms with Crippen LogP contribution in [0, 0.1) is 0 Å². The normalized spacial score (nSPS) is 15.3. The van der Waals surface area contributed by atoms with Crippen LogP contribution in [-0.2, 0) is 0 Å². The van der Waals surface area contributed by atoms with Gasteiger partial charge in [-0.05, 0) is 44.6 Å². The Morgan fingerprint density at radius 1 is 1.15 bits per heavy atom. The van der Waals surface area contributed by atoms with E-state index >= 15 is 0 Å². The molecule has 1 aliphatic rings. The van der Waals surface area contributed by atoms with Gasteiger partial charge in [0.2, 0.25) is 0 Å². The number of nitrogens with one attached hydrogen (secondary N) is 1. The van der Waals surface area contributed by atoms with E-state index in [-0.39, 0.29) is 19.4 Å². The summed E-state index contributed by atoms with van der Waals surface area (Å²) in [6.45, 7) is 5.25. The topological polar surface area (TPSA) is 57.4 Å². The lowest BCUT2D eigenvalue weighted by atomic mass is 10.00. The van der Waals surface area contributed by atoms with Gasteiger partial charge in [0.05, 0.1) is 25.9 Å². The van der Waals surface area contributed by atoms with Gasteiger partial charge >= 0.3 is 0 Å². The van der Waals surface area contributed by atoms with Crippen LogP contribution in [0.25, 0.3) is 11.3 Å². The molecule has 0 radical (unpaired) electrons. The van der Waals surface area contributed by atoms with E-state index < -0.39 is 0 Å². The summed E-state index contributed by atoms with van der Waals surface area (Å²) in [5, 5.41) is 5.79. The second kappa shape index (κ2) is 12.0. The predicted molar refractivity (Wildman–Crippen MR) is 143 cm³/mol. The van der Waals surface area contributed by atoms with E-state index in [0.29, 0.717) is 6.04 Å². The Morgan fingerprint density at radius 3 is 2.56 bits per heavy atom. The van der Waals surface area contributed by atoms with Gasteiger partial charge in [-0.2, -0.15) is 18.5 Å². The van der Waals surface area contributed by atoms with E-state index in [1.165, 1.54) is 18.4 Å². The Hall–Kier alpha value is -2.84. The highest BCUT2D eigenvalue weighted by Gasteiger charge is 2.25. The lowest BCUT2D eigenvalue weighted by Crippen LogP contribution is -2.61. The molecule has 3 heterocycles. The molecular formula is C26H37N6OS+. The highest BCUT2D eigenvalue weighted by Crippen LogP contribution is 2.26. The molecule has 1 N–H and O–H groups in total. The summed E-state index contributed by atoms with van der Waals surface area (Å²) in [7, 11) is 6.08. The van der Waals surface area contributed by atoms with Gasteiger partial charge in [0.25, 0.3) is 0 Å². The Morgan fingerprint density at radius 2 is 1.85 bits per heavy atom. The maximum Gasteiger partial charge on any atom is 0.200 e. The van der Waals surface area contributed by atoms with Crippen LogP contribution in [0.15, 0.2) is 61.2 Å². The van der Waals surface area contributed by atoms with Gasteiger partial charge < -0.3 is 15.0 Å². The summed E-state index contributed by atoms with van der Waals surface area (Å²) in [5.41, 5.74) is 3.17. The van der Waals surface area contributed by atoms with Gasteiger partial charge in [0.15, 0.2) is 12.4 Å². The molecular weight excluding hydrogens is 444 g/mol. The molecule has 7 nitrogen and oxygen atoms in total. The molecule has 4 rings (SSSR count). The zero-order valence-electron chi connectivity index (χ0n) is 20.6. The zero-order valence-corrected chi connectivity index (χ0v) is 21.6. The second-order valence-corrected chi connectivity index (χ2v) is 8.89. The van der Waals surface area contributed by atoms with Crippen LogP contribution in [0.4, 0.5) is 5.82 Å². The molecule has 0 amide bonds. The van der Waals surface area contributed by atoms with Crippen molar-refractivity contribution in [1.29, 1.82) is 0 Å². The van der Waals surface area contributed by atoms with Crippen LogP contribution in [0.5, 0.6) is 5.75 Å². The molecule has 2 aromatic heterocycles. The predicted octanol–water partition coefficient (Wildman–Crippen LogP) is 3.43. The molecule has 182 valence electrons. The average Bonchev–Trinajstić information content (AvgIpc) is 2.87. The highest BCUT2D eigenvalue weighted by molar-refractivity contribution is 7.59. The van der Waals surface area contributed by atoms with Gasteiger partial charge in [-0.1, -0.05) is 29.8 Å². The fraction of sp³-hybridized carbons (Fsp3) is 0.423. The van der Waals surface area contributed by atoms with Crippen molar-refractivity contribution in [3.63, 3.8) is 0 Å². The van der Waals surface area contributed by atoms with Crippen molar-refractivity contribution >= 4 is 19.3 Å². The number of rotatable bonds is 8. The molecule has 0 spiro atoms. The maximum atomic E-state index is 5.50. The van der Waals surface area contributed by atoms with E-state index in [9.17, 15) is 0 Å². The first-order valence-electron chi connectivity index (χ1n) is 11.7. The van der Waals surface area contributed by atoms with Crippen molar-refractivity contribution in [3.05, 3.63) is 66.7 Å². The molecule has 8 heteroatoms. The van der Waals surface area contributed by atoms with Gasteiger partial charge in [-0.3, -0.25) is 0 Å². The molecule has 34 heavy (non-hydrogen) atoms. The number of nitrogens with zero attached hydrogens (tertiary/aromatic N) is 5. The van der Waals surface area contributed by atoms with Crippen molar-refractivity contribution in [2.24, 2.45) is 0 Å². The number of ether oxygens (including phenoxy) is 1. The van der Waals surface area contributed by atoms with E-state index in [1.807, 2.05) is 24.3 Å². The lowest BCUT2D eigenvalue weighted by Gasteiger charge is -2.32. The average molecular weight is 482 g/mol. The van der Waals surface area contributed by atoms with Crippen LogP contribution in [0.1, 0.15) is 31.2 Å². The summed E-state index contributed by atoms with van der Waals surface area (Å²) in [4.78, 5) is 11.3. The Labute approximate surface area is 210 Å². The number of methoxy groups -OCH3 is 1. The Balaban J connectivity index is 0.00000324. The van der Waals surface area contributed by atoms with Crippen molar-refractivity contribution in [1.82, 2.24) is 14.9 Å². The van der Waals surface area contributed by atoms with E-state index in [1.54, 1.807) is 13.4 Å².